The number of benzene rings is 1. The molecule has 3 nitrogen and oxygen atoms in total. The molecule has 2 aromatic rings. The van der Waals surface area contributed by atoms with Gasteiger partial charge in [0.2, 0.25) is 0 Å². The zero-order valence-electron chi connectivity index (χ0n) is 10.8. The quantitative estimate of drug-likeness (QED) is 0.779. The van der Waals surface area contributed by atoms with E-state index >= 15 is 0 Å². The standard InChI is InChI=1S/C12H11NO2S.C2H6/c1-8-7-16-12(13-8)11-6-14-9-4-2-3-5-10(9)15-11;1-2/h2-5,7,11H,6H2,1H3;1-2H3. The van der Waals surface area contributed by atoms with Gasteiger partial charge in [-0.05, 0) is 19.1 Å². The Hall–Kier alpha value is -1.55. The van der Waals surface area contributed by atoms with Gasteiger partial charge in [0.05, 0.1) is 0 Å². The zero-order chi connectivity index (χ0) is 13.0. The molecule has 1 aliphatic rings. The lowest BCUT2D eigenvalue weighted by molar-refractivity contribution is 0.0910. The molecule has 0 aliphatic carbocycles. The Morgan fingerprint density at radius 1 is 1.22 bits per heavy atom. The Kier molecular flexibility index (Phi) is 4.20. The topological polar surface area (TPSA) is 31.4 Å². The highest BCUT2D eigenvalue weighted by molar-refractivity contribution is 7.09. The van der Waals surface area contributed by atoms with Gasteiger partial charge in [0, 0.05) is 11.1 Å². The SMILES string of the molecule is CC.Cc1csc(C2COc3ccccc3O2)n1. The van der Waals surface area contributed by atoms with E-state index in [4.69, 9.17) is 9.47 Å². The number of fused-ring (bicyclic) bond motifs is 1. The van der Waals surface area contributed by atoms with Crippen molar-refractivity contribution < 1.29 is 9.47 Å². The van der Waals surface area contributed by atoms with Crippen LogP contribution in [-0.2, 0) is 0 Å². The van der Waals surface area contributed by atoms with Crippen LogP contribution >= 0.6 is 11.3 Å². The monoisotopic (exact) mass is 263 g/mol. The van der Waals surface area contributed by atoms with Crippen LogP contribution in [0, 0.1) is 6.92 Å². The summed E-state index contributed by atoms with van der Waals surface area (Å²) in [5.41, 5.74) is 1.03. The lowest BCUT2D eigenvalue weighted by Crippen LogP contribution is -2.21. The maximum absolute atomic E-state index is 5.85. The number of hydrogen-bond acceptors (Lipinski definition) is 4. The Labute approximate surface area is 111 Å². The van der Waals surface area contributed by atoms with Gasteiger partial charge in [-0.15, -0.1) is 11.3 Å². The molecule has 2 heterocycles. The second kappa shape index (κ2) is 5.87. The van der Waals surface area contributed by atoms with E-state index in [2.05, 4.69) is 4.98 Å². The molecule has 1 aromatic carbocycles. The highest BCUT2D eigenvalue weighted by Crippen LogP contribution is 2.36. The smallest absolute Gasteiger partial charge is 0.184 e. The molecule has 1 aromatic heterocycles. The molecular formula is C14H17NO2S. The van der Waals surface area contributed by atoms with E-state index in [9.17, 15) is 0 Å². The summed E-state index contributed by atoms with van der Waals surface area (Å²) < 4.78 is 11.5. The fourth-order valence-corrected chi connectivity index (χ4v) is 2.47. The minimum absolute atomic E-state index is 0.0754. The van der Waals surface area contributed by atoms with Crippen LogP contribution in [0.4, 0.5) is 0 Å². The van der Waals surface area contributed by atoms with Crippen LogP contribution in [0.25, 0.3) is 0 Å². The van der Waals surface area contributed by atoms with Crippen molar-refractivity contribution in [3.8, 4) is 11.5 Å². The largest absolute Gasteiger partial charge is 0.485 e. The van der Waals surface area contributed by atoms with E-state index in [0.717, 1.165) is 22.2 Å². The van der Waals surface area contributed by atoms with Crippen molar-refractivity contribution in [1.29, 1.82) is 0 Å². The predicted molar refractivity (Wildman–Crippen MR) is 73.5 cm³/mol. The Morgan fingerprint density at radius 3 is 2.61 bits per heavy atom. The van der Waals surface area contributed by atoms with Gasteiger partial charge in [-0.2, -0.15) is 0 Å². The van der Waals surface area contributed by atoms with Crippen molar-refractivity contribution in [2.45, 2.75) is 26.9 Å². The minimum atomic E-state index is -0.0754. The third kappa shape index (κ3) is 2.64. The number of rotatable bonds is 1. The fraction of sp³-hybridized carbons (Fsp3) is 0.357. The molecule has 18 heavy (non-hydrogen) atoms. The molecular weight excluding hydrogens is 246 g/mol. The molecule has 0 amide bonds. The lowest BCUT2D eigenvalue weighted by Gasteiger charge is -2.24. The van der Waals surface area contributed by atoms with Crippen LogP contribution in [0.15, 0.2) is 29.6 Å². The Balaban J connectivity index is 0.000000574. The summed E-state index contributed by atoms with van der Waals surface area (Å²) in [6.45, 7) is 6.52. The van der Waals surface area contributed by atoms with E-state index in [0.29, 0.717) is 6.61 Å². The first-order chi connectivity index (χ1) is 8.83. The summed E-state index contributed by atoms with van der Waals surface area (Å²) in [5, 5.41) is 3.01. The number of hydrogen-bond donors (Lipinski definition) is 0. The van der Waals surface area contributed by atoms with E-state index in [1.165, 1.54) is 0 Å². The highest BCUT2D eigenvalue weighted by atomic mass is 32.1. The number of aromatic nitrogens is 1. The van der Waals surface area contributed by atoms with Crippen LogP contribution in [-0.4, -0.2) is 11.6 Å². The normalized spacial score (nSPS) is 16.7. The summed E-state index contributed by atoms with van der Waals surface area (Å²) in [6.07, 6.45) is -0.0754. The van der Waals surface area contributed by atoms with Crippen molar-refractivity contribution in [2.75, 3.05) is 6.61 Å². The van der Waals surface area contributed by atoms with Gasteiger partial charge in [-0.25, -0.2) is 4.98 Å². The molecule has 3 rings (SSSR count). The summed E-state index contributed by atoms with van der Waals surface area (Å²) >= 11 is 1.61. The van der Waals surface area contributed by atoms with Gasteiger partial charge in [-0.3, -0.25) is 0 Å². The molecule has 0 fully saturated rings. The van der Waals surface area contributed by atoms with Crippen molar-refractivity contribution in [3.05, 3.63) is 40.3 Å². The van der Waals surface area contributed by atoms with Gasteiger partial charge in [0.15, 0.2) is 17.6 Å². The van der Waals surface area contributed by atoms with Crippen LogP contribution in [0.2, 0.25) is 0 Å². The van der Waals surface area contributed by atoms with Crippen molar-refractivity contribution in [2.24, 2.45) is 0 Å². The summed E-state index contributed by atoms with van der Waals surface area (Å²) in [5.74, 6) is 1.61. The zero-order valence-corrected chi connectivity index (χ0v) is 11.7. The molecule has 96 valence electrons. The van der Waals surface area contributed by atoms with Crippen LogP contribution in [0.5, 0.6) is 11.5 Å². The Bertz CT molecular complexity index is 510. The molecule has 0 bridgehead atoms. The van der Waals surface area contributed by atoms with Crippen LogP contribution in [0.3, 0.4) is 0 Å². The number of para-hydroxylation sites is 2. The maximum Gasteiger partial charge on any atom is 0.184 e. The number of nitrogens with zero attached hydrogens (tertiary/aromatic N) is 1. The molecule has 0 spiro atoms. The van der Waals surface area contributed by atoms with Crippen molar-refractivity contribution >= 4 is 11.3 Å². The molecule has 1 unspecified atom stereocenters. The van der Waals surface area contributed by atoms with Crippen molar-refractivity contribution in [3.63, 3.8) is 0 Å². The molecule has 0 radical (unpaired) electrons. The molecule has 4 heteroatoms. The third-order valence-electron chi connectivity index (χ3n) is 2.42. The highest BCUT2D eigenvalue weighted by Gasteiger charge is 2.24. The van der Waals surface area contributed by atoms with E-state index in [1.807, 2.05) is 50.4 Å². The lowest BCUT2D eigenvalue weighted by atomic mass is 10.2. The molecule has 0 saturated carbocycles. The first-order valence-electron chi connectivity index (χ1n) is 6.13. The van der Waals surface area contributed by atoms with Gasteiger partial charge in [0.1, 0.15) is 11.6 Å². The van der Waals surface area contributed by atoms with Crippen LogP contribution < -0.4 is 9.47 Å². The average molecular weight is 263 g/mol. The second-order valence-corrected chi connectivity index (χ2v) is 4.58. The summed E-state index contributed by atoms with van der Waals surface area (Å²) in [4.78, 5) is 4.42. The van der Waals surface area contributed by atoms with Crippen LogP contribution in [0.1, 0.15) is 30.7 Å². The van der Waals surface area contributed by atoms with Gasteiger partial charge < -0.3 is 9.47 Å². The summed E-state index contributed by atoms with van der Waals surface area (Å²) in [7, 11) is 0. The fourth-order valence-electron chi connectivity index (χ4n) is 1.66. The van der Waals surface area contributed by atoms with E-state index < -0.39 is 0 Å². The minimum Gasteiger partial charge on any atom is -0.485 e. The third-order valence-corrected chi connectivity index (χ3v) is 3.48. The van der Waals surface area contributed by atoms with Gasteiger partial charge in [0.25, 0.3) is 0 Å². The Morgan fingerprint density at radius 2 is 1.94 bits per heavy atom. The first-order valence-corrected chi connectivity index (χ1v) is 7.01. The predicted octanol–water partition coefficient (Wildman–Crippen LogP) is 3.99. The molecule has 1 atom stereocenters. The van der Waals surface area contributed by atoms with E-state index in [-0.39, 0.29) is 6.10 Å². The molecule has 1 aliphatic heterocycles. The number of thiazole rings is 1. The number of ether oxygens (including phenoxy) is 2. The van der Waals surface area contributed by atoms with Gasteiger partial charge in [-0.1, -0.05) is 26.0 Å². The maximum atomic E-state index is 5.85. The number of aryl methyl sites for hydroxylation is 1. The van der Waals surface area contributed by atoms with E-state index in [1.54, 1.807) is 11.3 Å². The second-order valence-electron chi connectivity index (χ2n) is 3.69. The van der Waals surface area contributed by atoms with Crippen molar-refractivity contribution in [1.82, 2.24) is 4.98 Å². The first kappa shape index (κ1) is 12.9. The average Bonchev–Trinajstić information content (AvgIpc) is 2.87. The molecule has 0 N–H and O–H groups in total. The molecule has 0 saturated heterocycles. The summed E-state index contributed by atoms with van der Waals surface area (Å²) in [6, 6.07) is 7.72. The van der Waals surface area contributed by atoms with Gasteiger partial charge >= 0.3 is 0 Å².